The van der Waals surface area contributed by atoms with E-state index in [4.69, 9.17) is 4.74 Å². The van der Waals surface area contributed by atoms with E-state index in [9.17, 15) is 0 Å². The van der Waals surface area contributed by atoms with E-state index in [1.54, 1.807) is 7.11 Å². The molecule has 0 unspecified atom stereocenters. The molecule has 0 fully saturated rings. The van der Waals surface area contributed by atoms with E-state index in [1.807, 2.05) is 12.1 Å². The van der Waals surface area contributed by atoms with Crippen LogP contribution in [-0.4, -0.2) is 7.11 Å². The van der Waals surface area contributed by atoms with Crippen molar-refractivity contribution >= 4 is 22.6 Å². The van der Waals surface area contributed by atoms with Gasteiger partial charge in [-0.15, -0.1) is 0 Å². The summed E-state index contributed by atoms with van der Waals surface area (Å²) in [7, 11) is 1.71. The Balaban J connectivity index is 2.21. The molecule has 0 spiro atoms. The summed E-state index contributed by atoms with van der Waals surface area (Å²) in [4.78, 5) is 0. The van der Waals surface area contributed by atoms with Crippen LogP contribution in [-0.2, 0) is 0 Å². The lowest BCUT2D eigenvalue weighted by Gasteiger charge is -2.21. The van der Waals surface area contributed by atoms with Gasteiger partial charge in [-0.05, 0) is 63.1 Å². The van der Waals surface area contributed by atoms with Crippen molar-refractivity contribution in [3.05, 3.63) is 39.5 Å². The van der Waals surface area contributed by atoms with E-state index in [-0.39, 0.29) is 0 Å². The first-order valence-corrected chi connectivity index (χ1v) is 6.38. The molecule has 80 valence electrons. The molecule has 1 atom stereocenters. The Morgan fingerprint density at radius 1 is 1.27 bits per heavy atom. The van der Waals surface area contributed by atoms with Gasteiger partial charge in [-0.1, -0.05) is 18.2 Å². The van der Waals surface area contributed by atoms with Crippen LogP contribution >= 0.6 is 22.6 Å². The van der Waals surface area contributed by atoms with Crippen molar-refractivity contribution in [3.8, 4) is 5.75 Å². The fourth-order valence-corrected chi connectivity index (χ4v) is 2.99. The average molecular weight is 314 g/mol. The summed E-state index contributed by atoms with van der Waals surface area (Å²) in [5.74, 6) is 1.55. The van der Waals surface area contributed by atoms with Gasteiger partial charge in [-0.25, -0.2) is 0 Å². The first-order valence-electron chi connectivity index (χ1n) is 5.31. The van der Waals surface area contributed by atoms with Gasteiger partial charge >= 0.3 is 0 Å². The van der Waals surface area contributed by atoms with Gasteiger partial charge in [0, 0.05) is 5.92 Å². The normalized spacial score (nSPS) is 20.9. The van der Waals surface area contributed by atoms with Gasteiger partial charge in [0.05, 0.1) is 7.11 Å². The van der Waals surface area contributed by atoms with Crippen molar-refractivity contribution in [3.63, 3.8) is 0 Å². The van der Waals surface area contributed by atoms with E-state index in [2.05, 4.69) is 40.8 Å². The monoisotopic (exact) mass is 314 g/mol. The highest BCUT2D eigenvalue weighted by atomic mass is 127. The molecule has 1 aliphatic rings. The number of halogens is 1. The van der Waals surface area contributed by atoms with E-state index in [0.29, 0.717) is 5.92 Å². The van der Waals surface area contributed by atoms with Crippen LogP contribution in [0, 0.1) is 0 Å². The number of rotatable bonds is 2. The zero-order valence-electron chi connectivity index (χ0n) is 8.87. The Labute approximate surface area is 105 Å². The average Bonchev–Trinajstić information content (AvgIpc) is 2.30. The van der Waals surface area contributed by atoms with Crippen LogP contribution in [0.3, 0.4) is 0 Å². The molecule has 1 aliphatic carbocycles. The largest absolute Gasteiger partial charge is 0.497 e. The second kappa shape index (κ2) is 5.01. The SMILES string of the molecule is COc1ccc([C@H]2CCCC=C2I)cc1. The summed E-state index contributed by atoms with van der Waals surface area (Å²) in [6.45, 7) is 0. The number of methoxy groups -OCH3 is 1. The molecule has 0 aromatic heterocycles. The lowest BCUT2D eigenvalue weighted by Crippen LogP contribution is -2.02. The zero-order chi connectivity index (χ0) is 10.7. The third-order valence-electron chi connectivity index (χ3n) is 2.89. The summed E-state index contributed by atoms with van der Waals surface area (Å²) < 4.78 is 6.66. The highest BCUT2D eigenvalue weighted by molar-refractivity contribution is 14.1. The summed E-state index contributed by atoms with van der Waals surface area (Å²) in [5.41, 5.74) is 1.41. The van der Waals surface area contributed by atoms with Crippen LogP contribution in [0.4, 0.5) is 0 Å². The second-order valence-corrected chi connectivity index (χ2v) is 5.09. The number of hydrogen-bond acceptors (Lipinski definition) is 1. The van der Waals surface area contributed by atoms with Gasteiger partial charge < -0.3 is 4.74 Å². The molecule has 0 radical (unpaired) electrons. The number of allylic oxidation sites excluding steroid dienone is 2. The van der Waals surface area contributed by atoms with Gasteiger partial charge in [0.15, 0.2) is 0 Å². The molecule has 1 nitrogen and oxygen atoms in total. The number of ether oxygens (including phenoxy) is 1. The van der Waals surface area contributed by atoms with E-state index < -0.39 is 0 Å². The quantitative estimate of drug-likeness (QED) is 0.740. The van der Waals surface area contributed by atoms with Gasteiger partial charge in [-0.3, -0.25) is 0 Å². The van der Waals surface area contributed by atoms with Crippen molar-refractivity contribution in [2.24, 2.45) is 0 Å². The predicted molar refractivity (Wildman–Crippen MR) is 71.7 cm³/mol. The zero-order valence-corrected chi connectivity index (χ0v) is 11.0. The summed E-state index contributed by atoms with van der Waals surface area (Å²) in [6.07, 6.45) is 6.19. The van der Waals surface area contributed by atoms with Gasteiger partial charge in [-0.2, -0.15) is 0 Å². The minimum absolute atomic E-state index is 0.616. The van der Waals surface area contributed by atoms with Crippen molar-refractivity contribution in [1.29, 1.82) is 0 Å². The van der Waals surface area contributed by atoms with E-state index in [1.165, 1.54) is 28.4 Å². The standard InChI is InChI=1S/C13H15IO/c1-15-11-8-6-10(7-9-11)12-4-2-3-5-13(12)14/h5-9,12H,2-4H2,1H3/t12-/m1/s1. The van der Waals surface area contributed by atoms with Crippen LogP contribution in [0.5, 0.6) is 5.75 Å². The topological polar surface area (TPSA) is 9.23 Å². The lowest BCUT2D eigenvalue weighted by atomic mass is 9.89. The molecular formula is C13H15IO. The Bertz CT molecular complexity index is 353. The van der Waals surface area contributed by atoms with E-state index >= 15 is 0 Å². The van der Waals surface area contributed by atoms with Gasteiger partial charge in [0.2, 0.25) is 0 Å². The highest BCUT2D eigenvalue weighted by Gasteiger charge is 2.17. The minimum Gasteiger partial charge on any atom is -0.497 e. The predicted octanol–water partition coefficient (Wildman–Crippen LogP) is 4.28. The molecule has 0 saturated heterocycles. The fourth-order valence-electron chi connectivity index (χ4n) is 2.00. The van der Waals surface area contributed by atoms with Crippen molar-refractivity contribution in [1.82, 2.24) is 0 Å². The molecule has 0 heterocycles. The Morgan fingerprint density at radius 2 is 2.00 bits per heavy atom. The molecule has 0 aliphatic heterocycles. The molecule has 15 heavy (non-hydrogen) atoms. The minimum atomic E-state index is 0.616. The smallest absolute Gasteiger partial charge is 0.118 e. The summed E-state index contributed by atoms with van der Waals surface area (Å²) in [6, 6.07) is 8.46. The maximum absolute atomic E-state index is 5.17. The van der Waals surface area contributed by atoms with Crippen LogP contribution < -0.4 is 4.74 Å². The molecule has 0 amide bonds. The highest BCUT2D eigenvalue weighted by Crippen LogP contribution is 2.37. The van der Waals surface area contributed by atoms with Crippen LogP contribution in [0.1, 0.15) is 30.7 Å². The fraction of sp³-hybridized carbons (Fsp3) is 0.385. The van der Waals surface area contributed by atoms with Crippen LogP contribution in [0.25, 0.3) is 0 Å². The van der Waals surface area contributed by atoms with Crippen molar-refractivity contribution < 1.29 is 4.74 Å². The molecule has 0 saturated carbocycles. The third-order valence-corrected chi connectivity index (χ3v) is 4.08. The Hall–Kier alpha value is -0.510. The molecular weight excluding hydrogens is 299 g/mol. The van der Waals surface area contributed by atoms with Gasteiger partial charge in [0.1, 0.15) is 5.75 Å². The van der Waals surface area contributed by atoms with Crippen molar-refractivity contribution in [2.75, 3.05) is 7.11 Å². The molecule has 0 N–H and O–H groups in total. The first-order chi connectivity index (χ1) is 7.31. The molecule has 2 rings (SSSR count). The Morgan fingerprint density at radius 3 is 2.60 bits per heavy atom. The third kappa shape index (κ3) is 2.54. The van der Waals surface area contributed by atoms with Gasteiger partial charge in [0.25, 0.3) is 0 Å². The number of benzene rings is 1. The maximum atomic E-state index is 5.17. The Kier molecular flexibility index (Phi) is 3.67. The van der Waals surface area contributed by atoms with Crippen molar-refractivity contribution in [2.45, 2.75) is 25.2 Å². The summed E-state index contributed by atoms with van der Waals surface area (Å²) in [5, 5.41) is 0. The van der Waals surface area contributed by atoms with E-state index in [0.717, 1.165) is 5.75 Å². The molecule has 0 bridgehead atoms. The molecule has 2 heteroatoms. The maximum Gasteiger partial charge on any atom is 0.118 e. The second-order valence-electron chi connectivity index (χ2n) is 3.85. The van der Waals surface area contributed by atoms with Crippen LogP contribution in [0.2, 0.25) is 0 Å². The first kappa shape index (κ1) is 11.0. The van der Waals surface area contributed by atoms with Crippen LogP contribution in [0.15, 0.2) is 33.9 Å². The molecule has 1 aromatic carbocycles. The summed E-state index contributed by atoms with van der Waals surface area (Å²) >= 11 is 2.47. The molecule has 1 aromatic rings. The lowest BCUT2D eigenvalue weighted by molar-refractivity contribution is 0.414. The number of hydrogen-bond donors (Lipinski definition) is 0.